The maximum absolute atomic E-state index is 11.9. The number of carbonyl (C=O) groups excluding carboxylic acids is 1. The topological polar surface area (TPSA) is 42.7 Å². The Hall–Kier alpha value is -2.07. The Bertz CT molecular complexity index is 544. The lowest BCUT2D eigenvalue weighted by Gasteiger charge is -2.10. The molecule has 4 heteroatoms. The van der Waals surface area contributed by atoms with Gasteiger partial charge in [-0.3, -0.25) is 4.79 Å². The van der Waals surface area contributed by atoms with Crippen molar-refractivity contribution in [3.8, 4) is 5.75 Å². The SMILES string of the molecule is CN(C)CCCOc1ccc(CC(=O)c2ccco2)cc1. The van der Waals surface area contributed by atoms with E-state index in [4.69, 9.17) is 9.15 Å². The summed E-state index contributed by atoms with van der Waals surface area (Å²) in [5.41, 5.74) is 0.956. The standard InChI is InChI=1S/C17H21NO3/c1-18(2)10-4-12-20-15-8-6-14(7-9-15)13-16(19)17-5-3-11-21-17/h3,5-9,11H,4,10,12-13H2,1-2H3. The molecule has 1 aromatic heterocycles. The van der Waals surface area contributed by atoms with E-state index < -0.39 is 0 Å². The molecule has 0 saturated carbocycles. The van der Waals surface area contributed by atoms with Gasteiger partial charge in [0, 0.05) is 13.0 Å². The summed E-state index contributed by atoms with van der Waals surface area (Å²) in [4.78, 5) is 14.0. The van der Waals surface area contributed by atoms with Crippen molar-refractivity contribution in [2.24, 2.45) is 0 Å². The number of carbonyl (C=O) groups is 1. The first-order chi connectivity index (χ1) is 10.1. The van der Waals surface area contributed by atoms with Crippen LogP contribution in [0.1, 0.15) is 22.5 Å². The lowest BCUT2D eigenvalue weighted by Crippen LogP contribution is -2.15. The van der Waals surface area contributed by atoms with E-state index in [2.05, 4.69) is 4.90 Å². The van der Waals surface area contributed by atoms with Gasteiger partial charge >= 0.3 is 0 Å². The van der Waals surface area contributed by atoms with E-state index in [-0.39, 0.29) is 5.78 Å². The second-order valence-corrected chi connectivity index (χ2v) is 5.23. The van der Waals surface area contributed by atoms with Crippen LogP contribution in [0, 0.1) is 0 Å². The number of ether oxygens (including phenoxy) is 1. The van der Waals surface area contributed by atoms with Crippen molar-refractivity contribution in [1.29, 1.82) is 0 Å². The van der Waals surface area contributed by atoms with Gasteiger partial charge in [-0.2, -0.15) is 0 Å². The number of rotatable bonds is 8. The van der Waals surface area contributed by atoms with Crippen molar-refractivity contribution < 1.29 is 13.9 Å². The number of ketones is 1. The molecule has 0 unspecified atom stereocenters. The molecule has 0 fully saturated rings. The highest BCUT2D eigenvalue weighted by Crippen LogP contribution is 2.14. The number of hydrogen-bond acceptors (Lipinski definition) is 4. The number of hydrogen-bond donors (Lipinski definition) is 0. The van der Waals surface area contributed by atoms with Gasteiger partial charge in [0.1, 0.15) is 5.75 Å². The molecule has 0 aliphatic rings. The van der Waals surface area contributed by atoms with Crippen LogP contribution < -0.4 is 4.74 Å². The van der Waals surface area contributed by atoms with Crippen molar-refractivity contribution in [3.63, 3.8) is 0 Å². The van der Waals surface area contributed by atoms with Crippen molar-refractivity contribution in [1.82, 2.24) is 4.90 Å². The zero-order chi connectivity index (χ0) is 15.1. The highest BCUT2D eigenvalue weighted by molar-refractivity contribution is 5.94. The van der Waals surface area contributed by atoms with Crippen LogP contribution in [0.15, 0.2) is 47.1 Å². The maximum atomic E-state index is 11.9. The predicted molar refractivity (Wildman–Crippen MR) is 81.9 cm³/mol. The largest absolute Gasteiger partial charge is 0.494 e. The Balaban J connectivity index is 1.80. The summed E-state index contributed by atoms with van der Waals surface area (Å²) in [7, 11) is 4.09. The summed E-state index contributed by atoms with van der Waals surface area (Å²) < 4.78 is 10.8. The van der Waals surface area contributed by atoms with Crippen LogP contribution in [0.2, 0.25) is 0 Å². The molecular weight excluding hydrogens is 266 g/mol. The molecule has 2 rings (SSSR count). The number of benzene rings is 1. The van der Waals surface area contributed by atoms with Crippen molar-refractivity contribution in [2.75, 3.05) is 27.2 Å². The minimum Gasteiger partial charge on any atom is -0.494 e. The molecule has 4 nitrogen and oxygen atoms in total. The highest BCUT2D eigenvalue weighted by atomic mass is 16.5. The van der Waals surface area contributed by atoms with Crippen LogP contribution in [0.3, 0.4) is 0 Å². The summed E-state index contributed by atoms with van der Waals surface area (Å²) in [6, 6.07) is 11.0. The Morgan fingerprint density at radius 3 is 2.57 bits per heavy atom. The molecule has 0 saturated heterocycles. The van der Waals surface area contributed by atoms with Crippen LogP contribution in [0.25, 0.3) is 0 Å². The third-order valence-electron chi connectivity index (χ3n) is 3.10. The third kappa shape index (κ3) is 5.08. The summed E-state index contributed by atoms with van der Waals surface area (Å²) >= 11 is 0. The van der Waals surface area contributed by atoms with Crippen LogP contribution in [0.5, 0.6) is 5.75 Å². The molecule has 1 aromatic carbocycles. The summed E-state index contributed by atoms with van der Waals surface area (Å²) in [5, 5.41) is 0. The van der Waals surface area contributed by atoms with Crippen LogP contribution in [-0.2, 0) is 6.42 Å². The second-order valence-electron chi connectivity index (χ2n) is 5.23. The minimum atomic E-state index is -0.0142. The van der Waals surface area contributed by atoms with E-state index in [1.807, 2.05) is 38.4 Å². The van der Waals surface area contributed by atoms with E-state index in [9.17, 15) is 4.79 Å². The Labute approximate surface area is 125 Å². The quantitative estimate of drug-likeness (QED) is 0.553. The van der Waals surface area contributed by atoms with E-state index in [1.54, 1.807) is 12.1 Å². The van der Waals surface area contributed by atoms with E-state index in [0.717, 1.165) is 24.3 Å². The zero-order valence-corrected chi connectivity index (χ0v) is 12.5. The van der Waals surface area contributed by atoms with Gasteiger partial charge in [0.25, 0.3) is 0 Å². The van der Waals surface area contributed by atoms with Gasteiger partial charge in [-0.25, -0.2) is 0 Å². The maximum Gasteiger partial charge on any atom is 0.202 e. The molecule has 0 amide bonds. The van der Waals surface area contributed by atoms with Gasteiger partial charge in [-0.1, -0.05) is 12.1 Å². The van der Waals surface area contributed by atoms with E-state index in [1.165, 1.54) is 6.26 Å². The van der Waals surface area contributed by atoms with Gasteiger partial charge in [0.05, 0.1) is 12.9 Å². The molecule has 21 heavy (non-hydrogen) atoms. The smallest absolute Gasteiger partial charge is 0.202 e. The van der Waals surface area contributed by atoms with Crippen LogP contribution >= 0.6 is 0 Å². The molecule has 0 bridgehead atoms. The number of Topliss-reactive ketones (excluding diaryl/α,β-unsaturated/α-hetero) is 1. The van der Waals surface area contributed by atoms with Crippen molar-refractivity contribution >= 4 is 5.78 Å². The monoisotopic (exact) mass is 287 g/mol. The summed E-state index contributed by atoms with van der Waals surface area (Å²) in [5.74, 6) is 1.22. The average molecular weight is 287 g/mol. The first-order valence-corrected chi connectivity index (χ1v) is 7.08. The lowest BCUT2D eigenvalue weighted by molar-refractivity contribution is 0.0966. The Morgan fingerprint density at radius 2 is 1.95 bits per heavy atom. The summed E-state index contributed by atoms with van der Waals surface area (Å²) in [6.45, 7) is 1.71. The van der Waals surface area contributed by atoms with Crippen molar-refractivity contribution in [2.45, 2.75) is 12.8 Å². The summed E-state index contributed by atoms with van der Waals surface area (Å²) in [6.07, 6.45) is 2.85. The molecule has 2 aromatic rings. The third-order valence-corrected chi connectivity index (χ3v) is 3.10. The van der Waals surface area contributed by atoms with Gasteiger partial charge in [0.2, 0.25) is 5.78 Å². The zero-order valence-electron chi connectivity index (χ0n) is 12.5. The normalized spacial score (nSPS) is 10.8. The molecule has 0 aliphatic heterocycles. The van der Waals surface area contributed by atoms with Crippen LogP contribution in [-0.4, -0.2) is 37.9 Å². The lowest BCUT2D eigenvalue weighted by atomic mass is 10.1. The molecule has 0 atom stereocenters. The fraction of sp³-hybridized carbons (Fsp3) is 0.353. The molecular formula is C17H21NO3. The molecule has 0 radical (unpaired) electrons. The van der Waals surface area contributed by atoms with Gasteiger partial charge < -0.3 is 14.1 Å². The van der Waals surface area contributed by atoms with Gasteiger partial charge in [0.15, 0.2) is 5.76 Å². The molecule has 0 aliphatic carbocycles. The van der Waals surface area contributed by atoms with Gasteiger partial charge in [-0.15, -0.1) is 0 Å². The highest BCUT2D eigenvalue weighted by Gasteiger charge is 2.09. The molecule has 0 N–H and O–H groups in total. The Kier molecular flexibility index (Phi) is 5.58. The number of nitrogens with zero attached hydrogens (tertiary/aromatic N) is 1. The Morgan fingerprint density at radius 1 is 1.19 bits per heavy atom. The van der Waals surface area contributed by atoms with E-state index in [0.29, 0.717) is 18.8 Å². The molecule has 1 heterocycles. The fourth-order valence-corrected chi connectivity index (χ4v) is 1.98. The second kappa shape index (κ2) is 7.64. The van der Waals surface area contributed by atoms with Crippen molar-refractivity contribution in [3.05, 3.63) is 54.0 Å². The van der Waals surface area contributed by atoms with Gasteiger partial charge in [-0.05, 0) is 50.3 Å². The average Bonchev–Trinajstić information content (AvgIpc) is 2.99. The fourth-order valence-electron chi connectivity index (χ4n) is 1.98. The van der Waals surface area contributed by atoms with Crippen LogP contribution in [0.4, 0.5) is 0 Å². The molecule has 0 spiro atoms. The first kappa shape index (κ1) is 15.3. The molecule has 112 valence electrons. The first-order valence-electron chi connectivity index (χ1n) is 7.08. The minimum absolute atomic E-state index is 0.0142. The number of furan rings is 1. The predicted octanol–water partition coefficient (Wildman–Crippen LogP) is 3.04. The van der Waals surface area contributed by atoms with E-state index >= 15 is 0 Å².